The normalized spacial score (nSPS) is 10.4. The van der Waals surface area contributed by atoms with Crippen LogP contribution in [0.5, 0.6) is 0 Å². The number of anilines is 2. The van der Waals surface area contributed by atoms with Gasteiger partial charge in [-0.15, -0.1) is 0 Å². The number of aromatic nitrogens is 1. The molecule has 0 saturated heterocycles. The second kappa shape index (κ2) is 5.19. The SMILES string of the molecule is Cc1cnc(Nc2cc(Br)ccc2C)c(Br)c1. The molecule has 0 aliphatic rings. The average molecular weight is 356 g/mol. The van der Waals surface area contributed by atoms with Crippen LogP contribution in [0.4, 0.5) is 11.5 Å². The topological polar surface area (TPSA) is 24.9 Å². The Morgan fingerprint density at radius 1 is 1.12 bits per heavy atom. The van der Waals surface area contributed by atoms with E-state index in [-0.39, 0.29) is 0 Å². The number of halogens is 2. The molecule has 17 heavy (non-hydrogen) atoms. The summed E-state index contributed by atoms with van der Waals surface area (Å²) in [6.45, 7) is 4.09. The molecule has 0 fully saturated rings. The van der Waals surface area contributed by atoms with Gasteiger partial charge in [0.25, 0.3) is 0 Å². The van der Waals surface area contributed by atoms with Crippen molar-refractivity contribution in [3.8, 4) is 0 Å². The zero-order valence-electron chi connectivity index (χ0n) is 9.59. The second-order valence-electron chi connectivity index (χ2n) is 3.93. The molecule has 1 aromatic carbocycles. The Hall–Kier alpha value is -0.870. The predicted molar refractivity (Wildman–Crippen MR) is 78.8 cm³/mol. The Kier molecular flexibility index (Phi) is 3.84. The van der Waals surface area contributed by atoms with E-state index in [1.54, 1.807) is 0 Å². The first-order chi connectivity index (χ1) is 8.06. The fourth-order valence-corrected chi connectivity index (χ4v) is 2.41. The molecule has 1 heterocycles. The van der Waals surface area contributed by atoms with Gasteiger partial charge in [-0.2, -0.15) is 0 Å². The van der Waals surface area contributed by atoms with Gasteiger partial charge in [-0.1, -0.05) is 22.0 Å². The lowest BCUT2D eigenvalue weighted by molar-refractivity contribution is 1.24. The Labute approximate surface area is 118 Å². The van der Waals surface area contributed by atoms with Crippen molar-refractivity contribution in [1.82, 2.24) is 4.98 Å². The first-order valence-electron chi connectivity index (χ1n) is 5.21. The highest BCUT2D eigenvalue weighted by Crippen LogP contribution is 2.27. The lowest BCUT2D eigenvalue weighted by atomic mass is 10.2. The van der Waals surface area contributed by atoms with Crippen molar-refractivity contribution in [2.24, 2.45) is 0 Å². The maximum Gasteiger partial charge on any atom is 0.144 e. The molecule has 2 rings (SSSR count). The molecule has 0 bridgehead atoms. The average Bonchev–Trinajstić information content (AvgIpc) is 2.27. The van der Waals surface area contributed by atoms with Gasteiger partial charge in [-0.25, -0.2) is 4.98 Å². The van der Waals surface area contributed by atoms with Crippen molar-refractivity contribution < 1.29 is 0 Å². The fraction of sp³-hybridized carbons (Fsp3) is 0.154. The highest BCUT2D eigenvalue weighted by Gasteiger charge is 2.04. The molecule has 4 heteroatoms. The summed E-state index contributed by atoms with van der Waals surface area (Å²) in [6, 6.07) is 8.18. The minimum atomic E-state index is 0.830. The van der Waals surface area contributed by atoms with Gasteiger partial charge in [0, 0.05) is 16.4 Å². The van der Waals surface area contributed by atoms with Crippen molar-refractivity contribution in [1.29, 1.82) is 0 Å². The molecular weight excluding hydrogens is 344 g/mol. The second-order valence-corrected chi connectivity index (χ2v) is 5.70. The van der Waals surface area contributed by atoms with Crippen LogP contribution < -0.4 is 5.32 Å². The third-order valence-corrected chi connectivity index (χ3v) is 3.53. The molecule has 0 atom stereocenters. The van der Waals surface area contributed by atoms with Gasteiger partial charge in [0.15, 0.2) is 0 Å². The van der Waals surface area contributed by atoms with Crippen LogP contribution in [-0.2, 0) is 0 Å². The zero-order valence-corrected chi connectivity index (χ0v) is 12.8. The maximum absolute atomic E-state index is 4.37. The summed E-state index contributed by atoms with van der Waals surface area (Å²) in [7, 11) is 0. The number of nitrogens with zero attached hydrogens (tertiary/aromatic N) is 1. The molecule has 1 N–H and O–H groups in total. The van der Waals surface area contributed by atoms with Crippen LogP contribution in [0.3, 0.4) is 0 Å². The van der Waals surface area contributed by atoms with Crippen molar-refractivity contribution in [3.05, 3.63) is 50.5 Å². The smallest absolute Gasteiger partial charge is 0.144 e. The monoisotopic (exact) mass is 354 g/mol. The number of rotatable bonds is 2. The molecule has 0 aliphatic carbocycles. The summed E-state index contributed by atoms with van der Waals surface area (Å²) in [5, 5.41) is 3.32. The molecule has 0 unspecified atom stereocenters. The van der Waals surface area contributed by atoms with Gasteiger partial charge in [-0.3, -0.25) is 0 Å². The van der Waals surface area contributed by atoms with E-state index < -0.39 is 0 Å². The third kappa shape index (κ3) is 3.07. The zero-order chi connectivity index (χ0) is 12.4. The number of aryl methyl sites for hydroxylation is 2. The fourth-order valence-electron chi connectivity index (χ4n) is 1.48. The van der Waals surface area contributed by atoms with E-state index >= 15 is 0 Å². The molecule has 2 nitrogen and oxygen atoms in total. The van der Waals surface area contributed by atoms with E-state index in [1.165, 1.54) is 5.56 Å². The number of pyridine rings is 1. The summed E-state index contributed by atoms with van der Waals surface area (Å²) in [5.41, 5.74) is 3.37. The van der Waals surface area contributed by atoms with E-state index in [1.807, 2.05) is 31.3 Å². The van der Waals surface area contributed by atoms with Crippen molar-refractivity contribution >= 4 is 43.4 Å². The lowest BCUT2D eigenvalue weighted by Gasteiger charge is -2.11. The van der Waals surface area contributed by atoms with Gasteiger partial charge in [-0.05, 0) is 59.1 Å². The molecule has 0 amide bonds. The van der Waals surface area contributed by atoms with Gasteiger partial charge in [0.1, 0.15) is 5.82 Å². The molecular formula is C13H12Br2N2. The van der Waals surface area contributed by atoms with E-state index in [0.717, 1.165) is 26.0 Å². The van der Waals surface area contributed by atoms with Crippen LogP contribution in [-0.4, -0.2) is 4.98 Å². The highest BCUT2D eigenvalue weighted by atomic mass is 79.9. The van der Waals surface area contributed by atoms with Crippen molar-refractivity contribution in [3.63, 3.8) is 0 Å². The van der Waals surface area contributed by atoms with Crippen LogP contribution in [0.25, 0.3) is 0 Å². The van der Waals surface area contributed by atoms with Crippen LogP contribution in [0.1, 0.15) is 11.1 Å². The Morgan fingerprint density at radius 2 is 1.88 bits per heavy atom. The number of benzene rings is 1. The number of hydrogen-bond donors (Lipinski definition) is 1. The lowest BCUT2D eigenvalue weighted by Crippen LogP contribution is -1.97. The quantitative estimate of drug-likeness (QED) is 0.822. The van der Waals surface area contributed by atoms with E-state index in [9.17, 15) is 0 Å². The maximum atomic E-state index is 4.37. The van der Waals surface area contributed by atoms with Crippen LogP contribution >= 0.6 is 31.9 Å². The Balaban J connectivity index is 2.34. The Morgan fingerprint density at radius 3 is 2.59 bits per heavy atom. The van der Waals surface area contributed by atoms with Gasteiger partial charge in [0.05, 0.1) is 4.47 Å². The minimum absolute atomic E-state index is 0.830. The van der Waals surface area contributed by atoms with Crippen LogP contribution in [0.15, 0.2) is 39.4 Å². The van der Waals surface area contributed by atoms with Gasteiger partial charge >= 0.3 is 0 Å². The summed E-state index contributed by atoms with van der Waals surface area (Å²) in [5.74, 6) is 0.830. The highest BCUT2D eigenvalue weighted by molar-refractivity contribution is 9.10. The van der Waals surface area contributed by atoms with E-state index in [2.05, 4.69) is 55.2 Å². The van der Waals surface area contributed by atoms with E-state index in [4.69, 9.17) is 0 Å². The van der Waals surface area contributed by atoms with Crippen LogP contribution in [0.2, 0.25) is 0 Å². The Bertz CT molecular complexity index is 553. The number of hydrogen-bond acceptors (Lipinski definition) is 2. The van der Waals surface area contributed by atoms with Gasteiger partial charge < -0.3 is 5.32 Å². The molecule has 2 aromatic rings. The molecule has 0 spiro atoms. The summed E-state index contributed by atoms with van der Waals surface area (Å²) >= 11 is 6.98. The molecule has 0 saturated carbocycles. The van der Waals surface area contributed by atoms with Gasteiger partial charge in [0.2, 0.25) is 0 Å². The summed E-state index contributed by atoms with van der Waals surface area (Å²) in [4.78, 5) is 4.37. The van der Waals surface area contributed by atoms with E-state index in [0.29, 0.717) is 0 Å². The predicted octanol–water partition coefficient (Wildman–Crippen LogP) is 4.97. The standard InChI is InChI=1S/C13H12Br2N2/c1-8-5-11(15)13(16-7-8)17-12-6-10(14)4-3-9(12)2/h3-7H,1-2H3,(H,16,17). The third-order valence-electron chi connectivity index (χ3n) is 2.43. The van der Waals surface area contributed by atoms with Crippen molar-refractivity contribution in [2.75, 3.05) is 5.32 Å². The van der Waals surface area contributed by atoms with Crippen LogP contribution in [0, 0.1) is 13.8 Å². The molecule has 0 aliphatic heterocycles. The summed E-state index contributed by atoms with van der Waals surface area (Å²) < 4.78 is 2.02. The molecule has 88 valence electrons. The van der Waals surface area contributed by atoms with Crippen molar-refractivity contribution in [2.45, 2.75) is 13.8 Å². The largest absolute Gasteiger partial charge is 0.339 e. The first-order valence-corrected chi connectivity index (χ1v) is 6.80. The minimum Gasteiger partial charge on any atom is -0.339 e. The molecule has 0 radical (unpaired) electrons. The molecule has 1 aromatic heterocycles. The summed E-state index contributed by atoms with van der Waals surface area (Å²) in [6.07, 6.45) is 1.85. The first kappa shape index (κ1) is 12.6. The number of nitrogens with one attached hydrogen (secondary N) is 1.